The van der Waals surface area contributed by atoms with Gasteiger partial charge in [0.15, 0.2) is 0 Å². The number of hydrogen-bond donors (Lipinski definition) is 1. The van der Waals surface area contributed by atoms with Gasteiger partial charge in [-0.15, -0.1) is 11.3 Å². The molecule has 146 valence electrons. The Balaban J connectivity index is 1.33. The summed E-state index contributed by atoms with van der Waals surface area (Å²) in [7, 11) is 0. The number of nitrogens with one attached hydrogen (secondary N) is 1. The molecule has 1 unspecified atom stereocenters. The van der Waals surface area contributed by atoms with E-state index in [1.54, 1.807) is 17.7 Å². The van der Waals surface area contributed by atoms with E-state index in [0.29, 0.717) is 6.54 Å². The van der Waals surface area contributed by atoms with Crippen LogP contribution in [0.15, 0.2) is 42.0 Å². The summed E-state index contributed by atoms with van der Waals surface area (Å²) in [5.74, 6) is 1.08. The molecule has 4 rings (SSSR count). The molecule has 1 aliphatic rings. The van der Waals surface area contributed by atoms with Crippen molar-refractivity contribution < 1.29 is 4.79 Å². The average Bonchev–Trinajstić information content (AvgIpc) is 3.21. The summed E-state index contributed by atoms with van der Waals surface area (Å²) in [6, 6.07) is 10.1. The van der Waals surface area contributed by atoms with Gasteiger partial charge in [0.2, 0.25) is 5.91 Å². The number of nitrogens with zero attached hydrogens (tertiary/aromatic N) is 4. The lowest BCUT2D eigenvalue weighted by atomic mass is 10.1. The molecule has 0 bridgehead atoms. The smallest absolute Gasteiger partial charge is 0.237 e. The van der Waals surface area contributed by atoms with E-state index in [1.807, 2.05) is 19.1 Å². The molecule has 1 aromatic carbocycles. The van der Waals surface area contributed by atoms with Crippen LogP contribution in [0.5, 0.6) is 0 Å². The Hall–Kier alpha value is -2.51. The van der Waals surface area contributed by atoms with Crippen LogP contribution in [0.4, 0.5) is 5.82 Å². The van der Waals surface area contributed by atoms with E-state index in [-0.39, 0.29) is 11.9 Å². The summed E-state index contributed by atoms with van der Waals surface area (Å²) in [5, 5.41) is 6.26. The van der Waals surface area contributed by atoms with Crippen molar-refractivity contribution in [2.24, 2.45) is 0 Å². The largest absolute Gasteiger partial charge is 0.353 e. The monoisotopic (exact) mass is 395 g/mol. The zero-order valence-corrected chi connectivity index (χ0v) is 17.1. The van der Waals surface area contributed by atoms with Crippen molar-refractivity contribution in [3.8, 4) is 0 Å². The fourth-order valence-electron chi connectivity index (χ4n) is 3.65. The summed E-state index contributed by atoms with van der Waals surface area (Å²) in [5.41, 5.74) is 2.37. The molecule has 1 N–H and O–H groups in total. The second-order valence-electron chi connectivity index (χ2n) is 7.18. The first-order valence-electron chi connectivity index (χ1n) is 9.63. The van der Waals surface area contributed by atoms with Crippen molar-refractivity contribution in [3.05, 3.63) is 53.2 Å². The molecule has 3 aromatic rings. The van der Waals surface area contributed by atoms with Gasteiger partial charge in [-0.1, -0.05) is 24.3 Å². The fraction of sp³-hybridized carbons (Fsp3) is 0.381. The number of anilines is 1. The topological polar surface area (TPSA) is 61.4 Å². The molecule has 6 nitrogen and oxygen atoms in total. The van der Waals surface area contributed by atoms with Crippen LogP contribution in [0.3, 0.4) is 0 Å². The maximum absolute atomic E-state index is 12.6. The number of fused-ring (bicyclic) bond motifs is 1. The Bertz CT molecular complexity index is 964. The lowest BCUT2D eigenvalue weighted by Gasteiger charge is -2.38. The van der Waals surface area contributed by atoms with Crippen molar-refractivity contribution in [3.63, 3.8) is 0 Å². The van der Waals surface area contributed by atoms with Crippen LogP contribution in [0.2, 0.25) is 0 Å². The Labute approximate surface area is 169 Å². The Kier molecular flexibility index (Phi) is 5.54. The fourth-order valence-corrected chi connectivity index (χ4v) is 4.38. The average molecular weight is 396 g/mol. The molecule has 1 atom stereocenters. The van der Waals surface area contributed by atoms with E-state index >= 15 is 0 Å². The van der Waals surface area contributed by atoms with Crippen molar-refractivity contribution in [1.82, 2.24) is 20.2 Å². The second-order valence-corrected chi connectivity index (χ2v) is 8.07. The first kappa shape index (κ1) is 18.8. The van der Waals surface area contributed by atoms with Gasteiger partial charge in [-0.3, -0.25) is 9.69 Å². The zero-order chi connectivity index (χ0) is 19.5. The van der Waals surface area contributed by atoms with Crippen molar-refractivity contribution in [2.75, 3.05) is 31.1 Å². The predicted molar refractivity (Wildman–Crippen MR) is 114 cm³/mol. The van der Waals surface area contributed by atoms with Crippen molar-refractivity contribution in [1.29, 1.82) is 0 Å². The molecule has 1 amide bonds. The lowest BCUT2D eigenvalue weighted by molar-refractivity contribution is -0.126. The SMILES string of the molecule is Cc1ccccc1CNC(=O)C(C)N1CCN(c2ncnc3sccc23)CC1. The summed E-state index contributed by atoms with van der Waals surface area (Å²) < 4.78 is 0. The predicted octanol–water partition coefficient (Wildman–Crippen LogP) is 2.83. The molecule has 0 spiro atoms. The molecule has 1 saturated heterocycles. The first-order valence-corrected chi connectivity index (χ1v) is 10.5. The van der Waals surface area contributed by atoms with Gasteiger partial charge in [0.25, 0.3) is 0 Å². The summed E-state index contributed by atoms with van der Waals surface area (Å²) in [4.78, 5) is 27.0. The molecule has 1 fully saturated rings. The number of aryl methyl sites for hydroxylation is 1. The summed E-state index contributed by atoms with van der Waals surface area (Å²) >= 11 is 1.64. The highest BCUT2D eigenvalue weighted by Gasteiger charge is 2.26. The third-order valence-electron chi connectivity index (χ3n) is 5.50. The molecular formula is C21H25N5OS. The molecular weight excluding hydrogens is 370 g/mol. The van der Waals surface area contributed by atoms with Gasteiger partial charge in [-0.25, -0.2) is 9.97 Å². The molecule has 28 heavy (non-hydrogen) atoms. The van der Waals surface area contributed by atoms with Gasteiger partial charge in [0, 0.05) is 32.7 Å². The molecule has 7 heteroatoms. The quantitative estimate of drug-likeness (QED) is 0.720. The Morgan fingerprint density at radius 1 is 1.18 bits per heavy atom. The van der Waals surface area contributed by atoms with Gasteiger partial charge in [0.05, 0.1) is 11.4 Å². The maximum atomic E-state index is 12.6. The summed E-state index contributed by atoms with van der Waals surface area (Å²) in [6.45, 7) is 8.04. The van der Waals surface area contributed by atoms with E-state index in [4.69, 9.17) is 0 Å². The van der Waals surface area contributed by atoms with Crippen LogP contribution in [0, 0.1) is 6.92 Å². The number of amides is 1. The summed E-state index contributed by atoms with van der Waals surface area (Å²) in [6.07, 6.45) is 1.64. The minimum Gasteiger partial charge on any atom is -0.353 e. The number of hydrogen-bond acceptors (Lipinski definition) is 6. The van der Waals surface area contributed by atoms with Crippen LogP contribution in [-0.2, 0) is 11.3 Å². The van der Waals surface area contributed by atoms with E-state index in [2.05, 4.69) is 55.6 Å². The standard InChI is InChI=1S/C21H25N5OS/c1-15-5-3-4-6-17(15)13-22-20(27)16(2)25-8-10-26(11-9-25)19-18-7-12-28-21(18)24-14-23-19/h3-7,12,14,16H,8-11,13H2,1-2H3,(H,22,27). The number of benzene rings is 1. The zero-order valence-electron chi connectivity index (χ0n) is 16.3. The molecule has 2 aromatic heterocycles. The van der Waals surface area contributed by atoms with E-state index in [1.165, 1.54) is 5.56 Å². The van der Waals surface area contributed by atoms with Gasteiger partial charge in [-0.2, -0.15) is 0 Å². The number of thiophene rings is 1. The first-order chi connectivity index (χ1) is 13.6. The minimum atomic E-state index is -0.141. The Morgan fingerprint density at radius 2 is 1.96 bits per heavy atom. The van der Waals surface area contributed by atoms with Crippen LogP contribution >= 0.6 is 11.3 Å². The third-order valence-corrected chi connectivity index (χ3v) is 6.32. The second kappa shape index (κ2) is 8.24. The lowest BCUT2D eigenvalue weighted by Crippen LogP contribution is -2.54. The molecule has 0 saturated carbocycles. The van der Waals surface area contributed by atoms with Gasteiger partial charge >= 0.3 is 0 Å². The van der Waals surface area contributed by atoms with E-state index in [9.17, 15) is 4.79 Å². The molecule has 0 aliphatic carbocycles. The Morgan fingerprint density at radius 3 is 2.75 bits per heavy atom. The number of rotatable bonds is 5. The molecule has 1 aliphatic heterocycles. The number of piperazine rings is 1. The van der Waals surface area contributed by atoms with Crippen LogP contribution in [-0.4, -0.2) is 53.0 Å². The third kappa shape index (κ3) is 3.86. The van der Waals surface area contributed by atoms with Gasteiger partial charge in [0.1, 0.15) is 17.0 Å². The van der Waals surface area contributed by atoms with Crippen molar-refractivity contribution >= 4 is 33.3 Å². The molecule has 0 radical (unpaired) electrons. The minimum absolute atomic E-state index is 0.0824. The van der Waals surface area contributed by atoms with Gasteiger partial charge in [-0.05, 0) is 36.4 Å². The number of carbonyl (C=O) groups is 1. The van der Waals surface area contributed by atoms with E-state index in [0.717, 1.165) is 47.8 Å². The van der Waals surface area contributed by atoms with E-state index < -0.39 is 0 Å². The van der Waals surface area contributed by atoms with Crippen LogP contribution in [0.1, 0.15) is 18.1 Å². The highest BCUT2D eigenvalue weighted by molar-refractivity contribution is 7.16. The highest BCUT2D eigenvalue weighted by Crippen LogP contribution is 2.27. The van der Waals surface area contributed by atoms with Crippen LogP contribution in [0.25, 0.3) is 10.2 Å². The number of carbonyl (C=O) groups excluding carboxylic acids is 1. The highest BCUT2D eigenvalue weighted by atomic mass is 32.1. The molecule has 3 heterocycles. The van der Waals surface area contributed by atoms with Crippen molar-refractivity contribution in [2.45, 2.75) is 26.4 Å². The van der Waals surface area contributed by atoms with Crippen LogP contribution < -0.4 is 10.2 Å². The normalized spacial score (nSPS) is 16.3. The number of aromatic nitrogens is 2. The maximum Gasteiger partial charge on any atom is 0.237 e. The van der Waals surface area contributed by atoms with Gasteiger partial charge < -0.3 is 10.2 Å².